The number of nitrogens with zero attached hydrogens (tertiary/aromatic N) is 2. The topological polar surface area (TPSA) is 113 Å². The first-order chi connectivity index (χ1) is 7.61. The van der Waals surface area contributed by atoms with E-state index in [-0.39, 0.29) is 4.31 Å². The first kappa shape index (κ1) is 17.5. The molecule has 18 heavy (non-hydrogen) atoms. The summed E-state index contributed by atoms with van der Waals surface area (Å²) in [6.45, 7) is 0. The molecule has 0 heterocycles. The predicted molar refractivity (Wildman–Crippen MR) is 52.4 cm³/mol. The van der Waals surface area contributed by atoms with Crippen molar-refractivity contribution in [2.75, 3.05) is 14.1 Å². The average molecular weight is 337 g/mol. The Morgan fingerprint density at radius 1 is 1.06 bits per heavy atom. The highest BCUT2D eigenvalue weighted by Crippen LogP contribution is 2.25. The molecule has 0 fully saturated rings. The maximum atomic E-state index is 12.9. The van der Waals surface area contributed by atoms with Gasteiger partial charge in [0.1, 0.15) is 0 Å². The monoisotopic (exact) mass is 337 g/mol. The highest BCUT2D eigenvalue weighted by atomic mass is 32.3. The average Bonchev–Trinajstić information content (AvgIpc) is 1.95. The lowest BCUT2D eigenvalue weighted by Crippen LogP contribution is -2.38. The zero-order valence-corrected chi connectivity index (χ0v) is 11.1. The van der Waals surface area contributed by atoms with Crippen molar-refractivity contribution >= 4 is 30.5 Å². The van der Waals surface area contributed by atoms with Gasteiger partial charge in [-0.05, 0) is 0 Å². The number of hydrogen-bond acceptors (Lipinski definition) is 5. The molecule has 0 bridgehead atoms. The molecule has 1 unspecified atom stereocenters. The molecule has 0 rings (SSSR count). The van der Waals surface area contributed by atoms with Crippen molar-refractivity contribution in [2.24, 2.45) is 3.77 Å². The van der Waals surface area contributed by atoms with Crippen LogP contribution in [-0.2, 0) is 30.5 Å². The van der Waals surface area contributed by atoms with Crippen LogP contribution in [0.3, 0.4) is 0 Å². The number of alkyl halides is 3. The number of sulfonamides is 1. The molecule has 0 saturated heterocycles. The summed E-state index contributed by atoms with van der Waals surface area (Å²) >= 11 is 0. The van der Waals surface area contributed by atoms with Crippen LogP contribution in [-0.4, -0.2) is 45.0 Å². The lowest BCUT2D eigenvalue weighted by atomic mass is 11.3. The normalized spacial score (nSPS) is 17.5. The molecule has 15 heteroatoms. The fraction of sp³-hybridized carbons (Fsp3) is 1.00. The van der Waals surface area contributed by atoms with Crippen LogP contribution in [0.15, 0.2) is 3.77 Å². The molecule has 0 aromatic rings. The molecule has 110 valence electrons. The Hall–Kier alpha value is -0.510. The Bertz CT molecular complexity index is 625. The third-order valence-corrected chi connectivity index (χ3v) is 5.94. The molecule has 1 N–H and O–H groups in total. The summed E-state index contributed by atoms with van der Waals surface area (Å²) in [7, 11) is -15.4. The van der Waals surface area contributed by atoms with Gasteiger partial charge < -0.3 is 0 Å². The fourth-order valence-electron chi connectivity index (χ4n) is 0.388. The van der Waals surface area contributed by atoms with E-state index in [0.29, 0.717) is 4.13 Å². The minimum Gasteiger partial charge on any atom is -0.197 e. The summed E-state index contributed by atoms with van der Waals surface area (Å²) in [6, 6.07) is 0. The van der Waals surface area contributed by atoms with Gasteiger partial charge in [0, 0.05) is 14.1 Å². The Morgan fingerprint density at radius 2 is 1.44 bits per heavy atom. The number of hydrogen-bond donors (Lipinski definition) is 1. The van der Waals surface area contributed by atoms with Crippen LogP contribution >= 0.6 is 0 Å². The Labute approximate surface area is 101 Å². The summed E-state index contributed by atoms with van der Waals surface area (Å²) in [5.74, 6) is 0. The maximum Gasteiger partial charge on any atom is 0.519 e. The van der Waals surface area contributed by atoms with Crippen LogP contribution in [0.1, 0.15) is 0 Å². The first-order valence-electron chi connectivity index (χ1n) is 3.61. The summed E-state index contributed by atoms with van der Waals surface area (Å²) in [5.41, 5.74) is -5.99. The SMILES string of the molecule is CN(C)S(=O)(=O)NS(=O)(F)=NS(=O)(=O)C(F)(F)F. The zero-order valence-electron chi connectivity index (χ0n) is 8.67. The Morgan fingerprint density at radius 3 is 1.72 bits per heavy atom. The lowest BCUT2D eigenvalue weighted by molar-refractivity contribution is -0.0435. The molecule has 0 saturated carbocycles. The minimum absolute atomic E-state index is 0.252. The van der Waals surface area contributed by atoms with Crippen molar-refractivity contribution in [1.82, 2.24) is 8.43 Å². The summed E-state index contributed by atoms with van der Waals surface area (Å²) in [6.07, 6.45) is 0. The molecule has 0 spiro atoms. The van der Waals surface area contributed by atoms with E-state index in [9.17, 15) is 38.1 Å². The van der Waals surface area contributed by atoms with E-state index in [2.05, 4.69) is 0 Å². The molecule has 0 aromatic heterocycles. The van der Waals surface area contributed by atoms with E-state index in [4.69, 9.17) is 0 Å². The van der Waals surface area contributed by atoms with Crippen molar-refractivity contribution < 1.29 is 38.1 Å². The van der Waals surface area contributed by atoms with Gasteiger partial charge in [-0.3, -0.25) is 0 Å². The number of rotatable bonds is 4. The molecule has 1 atom stereocenters. The van der Waals surface area contributed by atoms with E-state index in [1.807, 2.05) is 0 Å². The van der Waals surface area contributed by atoms with E-state index in [0.717, 1.165) is 14.1 Å². The second-order valence-electron chi connectivity index (χ2n) is 2.82. The van der Waals surface area contributed by atoms with Crippen molar-refractivity contribution in [3.05, 3.63) is 0 Å². The predicted octanol–water partition coefficient (Wildman–Crippen LogP) is -0.500. The molecule has 0 radical (unpaired) electrons. The summed E-state index contributed by atoms with van der Waals surface area (Å²) in [4.78, 5) is 0. The van der Waals surface area contributed by atoms with E-state index in [1.54, 1.807) is 0 Å². The molecule has 0 aliphatic carbocycles. The van der Waals surface area contributed by atoms with E-state index in [1.165, 1.54) is 3.77 Å². The van der Waals surface area contributed by atoms with Gasteiger partial charge in [0.2, 0.25) is 0 Å². The van der Waals surface area contributed by atoms with Crippen LogP contribution in [0.25, 0.3) is 0 Å². The van der Waals surface area contributed by atoms with Crippen LogP contribution in [0, 0.1) is 0 Å². The molecule has 0 aliphatic heterocycles. The van der Waals surface area contributed by atoms with Crippen LogP contribution in [0.5, 0.6) is 0 Å². The van der Waals surface area contributed by atoms with Crippen molar-refractivity contribution in [3.8, 4) is 0 Å². The second-order valence-corrected chi connectivity index (χ2v) is 8.10. The minimum atomic E-state index is -6.42. The van der Waals surface area contributed by atoms with Gasteiger partial charge in [-0.25, -0.2) is 0 Å². The summed E-state index contributed by atoms with van der Waals surface area (Å²) < 4.78 is 104. The molecule has 8 nitrogen and oxygen atoms in total. The molecule has 0 amide bonds. The maximum absolute atomic E-state index is 12.9. The van der Waals surface area contributed by atoms with Crippen LogP contribution in [0.4, 0.5) is 17.1 Å². The number of nitrogens with one attached hydrogen (secondary N) is 1. The van der Waals surface area contributed by atoms with E-state index >= 15 is 0 Å². The first-order valence-corrected chi connectivity index (χ1v) is 7.90. The molecule has 0 aromatic carbocycles. The smallest absolute Gasteiger partial charge is 0.197 e. The Kier molecular flexibility index (Phi) is 4.74. The third-order valence-electron chi connectivity index (χ3n) is 1.18. The van der Waals surface area contributed by atoms with Crippen LogP contribution in [0.2, 0.25) is 0 Å². The quantitative estimate of drug-likeness (QED) is 0.549. The number of halogens is 4. The Balaban J connectivity index is 5.67. The van der Waals surface area contributed by atoms with Crippen LogP contribution < -0.4 is 4.13 Å². The van der Waals surface area contributed by atoms with Crippen molar-refractivity contribution in [3.63, 3.8) is 0 Å². The van der Waals surface area contributed by atoms with Gasteiger partial charge in [-0.1, -0.05) is 7.90 Å². The molecule has 0 aliphatic rings. The molecular weight excluding hydrogens is 330 g/mol. The largest absolute Gasteiger partial charge is 0.519 e. The van der Waals surface area contributed by atoms with Gasteiger partial charge in [-0.2, -0.15) is 38.5 Å². The zero-order chi connectivity index (χ0) is 15.0. The standard InChI is InChI=1S/C3H7F4N3O5S3/c1-10(2)18(14,15)9-17(7,13)8-16(11,12)3(4,5)6/h1-2H3,(H,8,9,13). The van der Waals surface area contributed by atoms with Gasteiger partial charge in [0.15, 0.2) is 0 Å². The molecular formula is C3H7F4N3O5S3. The lowest BCUT2D eigenvalue weighted by Gasteiger charge is -2.11. The van der Waals surface area contributed by atoms with Gasteiger partial charge in [-0.15, -0.1) is 3.89 Å². The second kappa shape index (κ2) is 4.87. The highest BCUT2D eigenvalue weighted by Gasteiger charge is 2.47. The van der Waals surface area contributed by atoms with Gasteiger partial charge in [0.05, 0.1) is 0 Å². The van der Waals surface area contributed by atoms with Gasteiger partial charge >= 0.3 is 15.5 Å². The highest BCUT2D eigenvalue weighted by molar-refractivity contribution is 8.06. The van der Waals surface area contributed by atoms with Gasteiger partial charge in [0.25, 0.3) is 20.5 Å². The fourth-order valence-corrected chi connectivity index (χ4v) is 3.77. The van der Waals surface area contributed by atoms with Crippen molar-refractivity contribution in [2.45, 2.75) is 5.51 Å². The third kappa shape index (κ3) is 4.63. The van der Waals surface area contributed by atoms with E-state index < -0.39 is 36.0 Å². The van der Waals surface area contributed by atoms with Crippen molar-refractivity contribution in [1.29, 1.82) is 0 Å². The summed E-state index contributed by atoms with van der Waals surface area (Å²) in [5, 5.41) is 0.